The Morgan fingerprint density at radius 1 is 1.00 bits per heavy atom. The first kappa shape index (κ1) is 19.7. The van der Waals surface area contributed by atoms with Crippen LogP contribution < -0.4 is 5.73 Å². The fraction of sp³-hybridized carbons (Fsp3) is 0.316. The summed E-state index contributed by atoms with van der Waals surface area (Å²) in [6.07, 6.45) is -3.85. The third kappa shape index (κ3) is 4.08. The summed E-state index contributed by atoms with van der Waals surface area (Å²) < 4.78 is 37.8. The molecule has 2 heterocycles. The number of nitrogens with two attached hydrogens (primary N) is 1. The van der Waals surface area contributed by atoms with Crippen LogP contribution in [0.2, 0.25) is 0 Å². The van der Waals surface area contributed by atoms with Gasteiger partial charge in [-0.3, -0.25) is 14.6 Å². The lowest BCUT2D eigenvalue weighted by Crippen LogP contribution is -2.50. The van der Waals surface area contributed by atoms with Gasteiger partial charge in [0.2, 0.25) is 0 Å². The van der Waals surface area contributed by atoms with E-state index >= 15 is 0 Å². The van der Waals surface area contributed by atoms with Crippen molar-refractivity contribution in [3.05, 3.63) is 58.9 Å². The van der Waals surface area contributed by atoms with Crippen LogP contribution >= 0.6 is 0 Å². The van der Waals surface area contributed by atoms with Crippen molar-refractivity contribution in [3.8, 4) is 0 Å². The molecular formula is C19H19F3N4O2. The second-order valence-corrected chi connectivity index (χ2v) is 6.59. The summed E-state index contributed by atoms with van der Waals surface area (Å²) in [5, 5.41) is 0. The summed E-state index contributed by atoms with van der Waals surface area (Å²) in [5.74, 6) is -0.605. The van der Waals surface area contributed by atoms with E-state index in [-0.39, 0.29) is 24.7 Å². The molecule has 9 heteroatoms. The quantitative estimate of drug-likeness (QED) is 0.797. The number of carbonyl (C=O) groups excluding carboxylic acids is 2. The highest BCUT2D eigenvalue weighted by molar-refractivity contribution is 5.95. The van der Waals surface area contributed by atoms with E-state index in [1.54, 1.807) is 23.1 Å². The molecule has 6 nitrogen and oxygen atoms in total. The Morgan fingerprint density at radius 2 is 1.61 bits per heavy atom. The van der Waals surface area contributed by atoms with Crippen molar-refractivity contribution in [1.82, 2.24) is 14.8 Å². The zero-order valence-corrected chi connectivity index (χ0v) is 15.2. The van der Waals surface area contributed by atoms with Crippen LogP contribution in [0.1, 0.15) is 32.0 Å². The number of piperazine rings is 1. The average molecular weight is 392 g/mol. The lowest BCUT2D eigenvalue weighted by molar-refractivity contribution is -0.137. The van der Waals surface area contributed by atoms with E-state index in [4.69, 9.17) is 5.73 Å². The number of nitrogen functional groups attached to an aromatic ring is 1. The zero-order chi connectivity index (χ0) is 20.5. The van der Waals surface area contributed by atoms with E-state index in [9.17, 15) is 22.8 Å². The third-order valence-electron chi connectivity index (χ3n) is 4.68. The smallest absolute Gasteiger partial charge is 0.399 e. The number of nitrogens with zero attached hydrogens (tertiary/aromatic N) is 3. The molecule has 1 aromatic heterocycles. The van der Waals surface area contributed by atoms with Crippen LogP contribution in [-0.4, -0.2) is 52.8 Å². The molecule has 0 radical (unpaired) electrons. The molecule has 1 aromatic carbocycles. The second-order valence-electron chi connectivity index (χ2n) is 6.59. The predicted molar refractivity (Wildman–Crippen MR) is 96.6 cm³/mol. The first-order chi connectivity index (χ1) is 13.2. The molecule has 2 aromatic rings. The normalized spacial score (nSPS) is 14.9. The van der Waals surface area contributed by atoms with Crippen LogP contribution in [0.3, 0.4) is 0 Å². The molecule has 0 unspecified atom stereocenters. The third-order valence-corrected chi connectivity index (χ3v) is 4.68. The fourth-order valence-corrected chi connectivity index (χ4v) is 2.95. The molecule has 3 rings (SSSR count). The average Bonchev–Trinajstić information content (AvgIpc) is 2.68. The molecule has 2 amide bonds. The van der Waals surface area contributed by atoms with E-state index in [0.29, 0.717) is 30.5 Å². The van der Waals surface area contributed by atoms with Gasteiger partial charge < -0.3 is 15.5 Å². The molecule has 0 spiro atoms. The molecule has 2 N–H and O–H groups in total. The maximum Gasteiger partial charge on any atom is 0.417 e. The van der Waals surface area contributed by atoms with E-state index in [2.05, 4.69) is 4.98 Å². The first-order valence-corrected chi connectivity index (χ1v) is 8.65. The van der Waals surface area contributed by atoms with E-state index in [1.165, 1.54) is 4.90 Å². The molecule has 1 aliphatic heterocycles. The van der Waals surface area contributed by atoms with Gasteiger partial charge in [0.15, 0.2) is 0 Å². The van der Waals surface area contributed by atoms with Crippen LogP contribution in [0.15, 0.2) is 36.5 Å². The highest BCUT2D eigenvalue weighted by Gasteiger charge is 2.31. The van der Waals surface area contributed by atoms with Crippen LogP contribution in [-0.2, 0) is 6.18 Å². The highest BCUT2D eigenvalue weighted by Crippen LogP contribution is 2.28. The van der Waals surface area contributed by atoms with Gasteiger partial charge in [-0.2, -0.15) is 13.2 Å². The van der Waals surface area contributed by atoms with Crippen molar-refractivity contribution < 1.29 is 22.8 Å². The van der Waals surface area contributed by atoms with Crippen molar-refractivity contribution in [2.24, 2.45) is 0 Å². The minimum atomic E-state index is -4.50. The van der Waals surface area contributed by atoms with Gasteiger partial charge in [0, 0.05) is 43.6 Å². The maximum atomic E-state index is 12.6. The Balaban J connectivity index is 1.62. The lowest BCUT2D eigenvalue weighted by Gasteiger charge is -2.34. The Labute approximate surface area is 159 Å². The maximum absolute atomic E-state index is 12.6. The zero-order valence-electron chi connectivity index (χ0n) is 15.2. The van der Waals surface area contributed by atoms with E-state index in [1.807, 2.05) is 6.92 Å². The van der Waals surface area contributed by atoms with Crippen molar-refractivity contribution in [1.29, 1.82) is 0 Å². The molecular weight excluding hydrogens is 373 g/mol. The van der Waals surface area contributed by atoms with Gasteiger partial charge in [-0.05, 0) is 42.8 Å². The largest absolute Gasteiger partial charge is 0.417 e. The van der Waals surface area contributed by atoms with Crippen LogP contribution in [0.5, 0.6) is 0 Å². The number of aromatic nitrogens is 1. The Kier molecular flexibility index (Phi) is 5.26. The van der Waals surface area contributed by atoms with Gasteiger partial charge in [0.1, 0.15) is 5.69 Å². The highest BCUT2D eigenvalue weighted by atomic mass is 19.4. The predicted octanol–water partition coefficient (Wildman–Crippen LogP) is 2.59. The molecule has 0 saturated carbocycles. The summed E-state index contributed by atoms with van der Waals surface area (Å²) in [6.45, 7) is 3.03. The number of anilines is 1. The van der Waals surface area contributed by atoms with Gasteiger partial charge in [-0.25, -0.2) is 0 Å². The van der Waals surface area contributed by atoms with Crippen molar-refractivity contribution in [2.45, 2.75) is 13.1 Å². The lowest BCUT2D eigenvalue weighted by atomic mass is 10.1. The number of amides is 2. The summed E-state index contributed by atoms with van der Waals surface area (Å²) in [5.41, 5.74) is 6.76. The topological polar surface area (TPSA) is 79.5 Å². The Hall–Kier alpha value is -3.10. The summed E-state index contributed by atoms with van der Waals surface area (Å²) in [4.78, 5) is 31.8. The Morgan fingerprint density at radius 3 is 2.11 bits per heavy atom. The SMILES string of the molecule is Cc1cc(C(=O)N2CCN(C(=O)c3ccc(C(F)(F)F)cn3)CC2)ccc1N. The first-order valence-electron chi connectivity index (χ1n) is 8.65. The summed E-state index contributed by atoms with van der Waals surface area (Å²) >= 11 is 0. The molecule has 0 aliphatic carbocycles. The number of aryl methyl sites for hydroxylation is 1. The molecule has 1 fully saturated rings. The van der Waals surface area contributed by atoms with Gasteiger partial charge in [0.25, 0.3) is 11.8 Å². The van der Waals surface area contributed by atoms with Crippen molar-refractivity contribution >= 4 is 17.5 Å². The minimum Gasteiger partial charge on any atom is -0.399 e. The second kappa shape index (κ2) is 7.49. The minimum absolute atomic E-state index is 0.0538. The number of carbonyl (C=O) groups is 2. The standard InChI is InChI=1S/C19H19F3N4O2/c1-12-10-13(2-4-15(12)23)17(27)25-6-8-26(9-7-25)18(28)16-5-3-14(11-24-16)19(20,21)22/h2-5,10-11H,6-9,23H2,1H3. The fourth-order valence-electron chi connectivity index (χ4n) is 2.95. The number of rotatable bonds is 2. The van der Waals surface area contributed by atoms with E-state index < -0.39 is 17.6 Å². The number of hydrogen-bond acceptors (Lipinski definition) is 4. The number of hydrogen-bond donors (Lipinski definition) is 1. The Bertz CT molecular complexity index is 889. The van der Waals surface area contributed by atoms with Crippen LogP contribution in [0, 0.1) is 6.92 Å². The summed E-state index contributed by atoms with van der Waals surface area (Å²) in [7, 11) is 0. The van der Waals surface area contributed by atoms with E-state index in [0.717, 1.165) is 17.7 Å². The summed E-state index contributed by atoms with van der Waals surface area (Å²) in [6, 6.07) is 6.97. The molecule has 1 aliphatic rings. The number of pyridine rings is 1. The molecule has 28 heavy (non-hydrogen) atoms. The van der Waals surface area contributed by atoms with Gasteiger partial charge >= 0.3 is 6.18 Å². The van der Waals surface area contributed by atoms with Gasteiger partial charge in [-0.1, -0.05) is 0 Å². The molecule has 0 atom stereocenters. The van der Waals surface area contributed by atoms with Crippen LogP contribution in [0.25, 0.3) is 0 Å². The number of halogens is 3. The van der Waals surface area contributed by atoms with Crippen molar-refractivity contribution in [2.75, 3.05) is 31.9 Å². The van der Waals surface area contributed by atoms with Crippen molar-refractivity contribution in [3.63, 3.8) is 0 Å². The molecule has 148 valence electrons. The monoisotopic (exact) mass is 392 g/mol. The molecule has 0 bridgehead atoms. The van der Waals surface area contributed by atoms with Crippen LogP contribution in [0.4, 0.5) is 18.9 Å². The number of alkyl halides is 3. The number of benzene rings is 1. The molecule has 1 saturated heterocycles. The van der Waals surface area contributed by atoms with Gasteiger partial charge in [-0.15, -0.1) is 0 Å². The van der Waals surface area contributed by atoms with Gasteiger partial charge in [0.05, 0.1) is 5.56 Å².